The molecular formula is C19H36N2OS4. The summed E-state index contributed by atoms with van der Waals surface area (Å²) in [5, 5.41) is 0. The molecule has 2 amide bonds. The van der Waals surface area contributed by atoms with Gasteiger partial charge >= 0.3 is 6.03 Å². The Morgan fingerprint density at radius 2 is 1.04 bits per heavy atom. The number of hydrogen-bond donors (Lipinski definition) is 0. The largest absolute Gasteiger partial charge is 0.331 e. The van der Waals surface area contributed by atoms with Crippen molar-refractivity contribution in [3.05, 3.63) is 0 Å². The van der Waals surface area contributed by atoms with Crippen LogP contribution in [0.15, 0.2) is 0 Å². The van der Waals surface area contributed by atoms with E-state index in [-0.39, 0.29) is 6.03 Å². The molecule has 0 N–H and O–H groups in total. The molecule has 3 nitrogen and oxygen atoms in total. The van der Waals surface area contributed by atoms with Gasteiger partial charge < -0.3 is 0 Å². The van der Waals surface area contributed by atoms with E-state index in [1.807, 2.05) is 0 Å². The normalized spacial score (nSPS) is 10.6. The fraction of sp³-hybridized carbons (Fsp3) is 0.842. The Hall–Kier alpha value is 0.150. The summed E-state index contributed by atoms with van der Waals surface area (Å²) in [6.07, 6.45) is 8.50. The molecule has 0 rings (SSSR count). The minimum absolute atomic E-state index is 0.0325. The Morgan fingerprint density at radius 1 is 0.692 bits per heavy atom. The first kappa shape index (κ1) is 26.1. The Balaban J connectivity index is 5.11. The van der Waals surface area contributed by atoms with Crippen molar-refractivity contribution in [1.82, 2.24) is 9.80 Å². The predicted octanol–water partition coefficient (Wildman–Crippen LogP) is 6.95. The van der Waals surface area contributed by atoms with Gasteiger partial charge in [0, 0.05) is 24.6 Å². The van der Waals surface area contributed by atoms with Crippen LogP contribution in [0.1, 0.15) is 79.1 Å². The monoisotopic (exact) mass is 436 g/mol. The third-order valence-electron chi connectivity index (χ3n) is 3.82. The molecule has 0 saturated carbocycles. The summed E-state index contributed by atoms with van der Waals surface area (Å²) in [7, 11) is 0. The highest BCUT2D eigenvalue weighted by molar-refractivity contribution is 8.23. The van der Waals surface area contributed by atoms with E-state index < -0.39 is 0 Å². The van der Waals surface area contributed by atoms with Gasteiger partial charge in [-0.15, -0.1) is 0 Å². The van der Waals surface area contributed by atoms with E-state index in [2.05, 4.69) is 27.7 Å². The molecule has 0 atom stereocenters. The molecule has 0 aromatic carbocycles. The molecule has 0 heterocycles. The highest BCUT2D eigenvalue weighted by Crippen LogP contribution is 2.19. The maximum absolute atomic E-state index is 13.3. The lowest BCUT2D eigenvalue weighted by Crippen LogP contribution is -2.47. The number of hydrogen-bond acceptors (Lipinski definition) is 5. The Labute approximate surface area is 180 Å². The van der Waals surface area contributed by atoms with Crippen LogP contribution in [-0.4, -0.2) is 49.1 Å². The molecular weight excluding hydrogens is 400 g/mol. The number of carbonyl (C=O) groups excluding carboxylic acids is 1. The molecule has 0 radical (unpaired) electrons. The lowest BCUT2D eigenvalue weighted by molar-refractivity contribution is 0.200. The zero-order valence-corrected chi connectivity index (χ0v) is 20.2. The van der Waals surface area contributed by atoms with E-state index in [1.165, 1.54) is 0 Å². The molecule has 0 aromatic rings. The number of rotatable bonds is 12. The van der Waals surface area contributed by atoms with Crippen LogP contribution >= 0.6 is 48.0 Å². The van der Waals surface area contributed by atoms with Gasteiger partial charge in [0.2, 0.25) is 0 Å². The molecule has 0 saturated heterocycles. The molecule has 0 aliphatic heterocycles. The van der Waals surface area contributed by atoms with Gasteiger partial charge in [-0.3, -0.25) is 9.80 Å². The molecule has 0 spiro atoms. The number of thioether (sulfide) groups is 2. The van der Waals surface area contributed by atoms with Crippen molar-refractivity contribution in [3.63, 3.8) is 0 Å². The Morgan fingerprint density at radius 3 is 1.35 bits per heavy atom. The minimum atomic E-state index is -0.0325. The van der Waals surface area contributed by atoms with Crippen LogP contribution in [0.3, 0.4) is 0 Å². The van der Waals surface area contributed by atoms with Gasteiger partial charge in [0.05, 0.1) is 0 Å². The van der Waals surface area contributed by atoms with Gasteiger partial charge in [-0.05, 0) is 25.7 Å². The van der Waals surface area contributed by atoms with E-state index in [9.17, 15) is 4.79 Å². The standard InChI is InChI=1S/C19H36N2OS4/c1-5-9-13-20(18(23)25-15-11-7-3)17(22)21(14-10-6-2)19(24)26-16-12-8-4/h5-16H2,1-4H3. The molecule has 7 heteroatoms. The summed E-state index contributed by atoms with van der Waals surface area (Å²) in [5.74, 6) is 1.94. The van der Waals surface area contributed by atoms with E-state index in [1.54, 1.807) is 33.3 Å². The van der Waals surface area contributed by atoms with Crippen molar-refractivity contribution in [3.8, 4) is 0 Å². The predicted molar refractivity (Wildman–Crippen MR) is 129 cm³/mol. The second-order valence-corrected chi connectivity index (χ2v) is 9.69. The summed E-state index contributed by atoms with van der Waals surface area (Å²) in [6.45, 7) is 9.96. The van der Waals surface area contributed by atoms with Crippen molar-refractivity contribution in [2.45, 2.75) is 79.1 Å². The molecule has 152 valence electrons. The van der Waals surface area contributed by atoms with Crippen molar-refractivity contribution >= 4 is 62.6 Å². The summed E-state index contributed by atoms with van der Waals surface area (Å²) in [5.41, 5.74) is 0. The second-order valence-electron chi connectivity index (χ2n) is 6.23. The number of thiocarbonyl (C=S) groups is 2. The van der Waals surface area contributed by atoms with Crippen molar-refractivity contribution < 1.29 is 4.79 Å². The average molecular weight is 437 g/mol. The smallest absolute Gasteiger partial charge is 0.279 e. The highest BCUT2D eigenvalue weighted by atomic mass is 32.2. The Kier molecular flexibility index (Phi) is 17.4. The van der Waals surface area contributed by atoms with Gasteiger partial charge in [-0.1, -0.05) is 101 Å². The first-order valence-corrected chi connectivity index (χ1v) is 12.7. The third-order valence-corrected chi connectivity index (χ3v) is 6.89. The van der Waals surface area contributed by atoms with Crippen LogP contribution in [0, 0.1) is 0 Å². The molecule has 0 aliphatic rings. The van der Waals surface area contributed by atoms with Crippen LogP contribution in [0.25, 0.3) is 0 Å². The second kappa shape index (κ2) is 17.3. The van der Waals surface area contributed by atoms with Gasteiger partial charge in [0.15, 0.2) is 0 Å². The maximum Gasteiger partial charge on any atom is 0.331 e. The molecule has 0 aromatic heterocycles. The molecule has 26 heavy (non-hydrogen) atoms. The topological polar surface area (TPSA) is 23.6 Å². The first-order chi connectivity index (χ1) is 12.5. The van der Waals surface area contributed by atoms with Crippen LogP contribution < -0.4 is 0 Å². The zero-order chi connectivity index (χ0) is 19.8. The van der Waals surface area contributed by atoms with Gasteiger partial charge in [0.1, 0.15) is 8.64 Å². The minimum Gasteiger partial charge on any atom is -0.279 e. The fourth-order valence-corrected chi connectivity index (χ4v) is 4.78. The van der Waals surface area contributed by atoms with Crippen molar-refractivity contribution in [2.75, 3.05) is 24.6 Å². The number of nitrogens with zero attached hydrogens (tertiary/aromatic N) is 2. The number of urea groups is 1. The summed E-state index contributed by atoms with van der Waals surface area (Å²) in [4.78, 5) is 16.8. The third kappa shape index (κ3) is 11.1. The van der Waals surface area contributed by atoms with Crippen LogP contribution in [0.4, 0.5) is 4.79 Å². The van der Waals surface area contributed by atoms with Gasteiger partial charge in [0.25, 0.3) is 0 Å². The highest BCUT2D eigenvalue weighted by Gasteiger charge is 2.26. The summed E-state index contributed by atoms with van der Waals surface area (Å²) >= 11 is 14.4. The van der Waals surface area contributed by atoms with Crippen molar-refractivity contribution in [2.24, 2.45) is 0 Å². The first-order valence-electron chi connectivity index (χ1n) is 9.95. The average Bonchev–Trinajstić information content (AvgIpc) is 2.62. The van der Waals surface area contributed by atoms with Gasteiger partial charge in [-0.2, -0.15) is 0 Å². The quantitative estimate of drug-likeness (QED) is 0.243. The SMILES string of the molecule is CCCCSC(=S)N(CCCC)C(=O)N(CCCC)C(=S)SCCCC. The van der Waals surface area contributed by atoms with Crippen LogP contribution in [-0.2, 0) is 0 Å². The van der Waals surface area contributed by atoms with E-state index >= 15 is 0 Å². The number of unbranched alkanes of at least 4 members (excludes halogenated alkanes) is 4. The summed E-state index contributed by atoms with van der Waals surface area (Å²) in [6, 6.07) is -0.0325. The fourth-order valence-electron chi connectivity index (χ4n) is 2.07. The van der Waals surface area contributed by atoms with E-state index in [0.717, 1.165) is 62.9 Å². The zero-order valence-electron chi connectivity index (χ0n) is 16.9. The lowest BCUT2D eigenvalue weighted by Gasteiger charge is -2.30. The lowest BCUT2D eigenvalue weighted by atomic mass is 10.3. The van der Waals surface area contributed by atoms with E-state index in [0.29, 0.717) is 21.7 Å². The van der Waals surface area contributed by atoms with Crippen LogP contribution in [0.2, 0.25) is 0 Å². The maximum atomic E-state index is 13.3. The molecule has 0 unspecified atom stereocenters. The van der Waals surface area contributed by atoms with E-state index in [4.69, 9.17) is 24.4 Å². The van der Waals surface area contributed by atoms with Gasteiger partial charge in [-0.25, -0.2) is 4.79 Å². The molecule has 0 bridgehead atoms. The number of amides is 2. The van der Waals surface area contributed by atoms with Crippen LogP contribution in [0.5, 0.6) is 0 Å². The molecule has 0 aliphatic carbocycles. The molecule has 0 fully saturated rings. The summed E-state index contributed by atoms with van der Waals surface area (Å²) < 4.78 is 1.39. The number of carbonyl (C=O) groups is 1. The Bertz CT molecular complexity index is 382. The van der Waals surface area contributed by atoms with Crippen molar-refractivity contribution in [1.29, 1.82) is 0 Å².